The molecule has 0 radical (unpaired) electrons. The first kappa shape index (κ1) is 15.3. The van der Waals surface area contributed by atoms with Crippen LogP contribution in [0.15, 0.2) is 18.5 Å². The number of hydrogen-bond donors (Lipinski definition) is 1. The number of pyridine rings is 1. The van der Waals surface area contributed by atoms with Crippen molar-refractivity contribution in [2.24, 2.45) is 11.8 Å². The van der Waals surface area contributed by atoms with Gasteiger partial charge in [-0.05, 0) is 37.3 Å². The molecule has 0 spiro atoms. The first-order valence-corrected chi connectivity index (χ1v) is 7.60. The van der Waals surface area contributed by atoms with Crippen LogP contribution in [0.2, 0.25) is 0 Å². The van der Waals surface area contributed by atoms with Gasteiger partial charge in [-0.15, -0.1) is 0 Å². The van der Waals surface area contributed by atoms with E-state index in [-0.39, 0.29) is 0 Å². The van der Waals surface area contributed by atoms with Crippen LogP contribution in [-0.2, 0) is 11.3 Å². The predicted octanol–water partition coefficient (Wildman–Crippen LogP) is 2.63. The Morgan fingerprint density at radius 2 is 2.20 bits per heavy atom. The smallest absolute Gasteiger partial charge is 0.142 e. The molecule has 1 aliphatic heterocycles. The zero-order chi connectivity index (χ0) is 14.2. The van der Waals surface area contributed by atoms with Crippen molar-refractivity contribution >= 4 is 0 Å². The molecule has 0 amide bonds. The normalized spacial score (nSPS) is 16.6. The lowest BCUT2D eigenvalue weighted by Gasteiger charge is -2.22. The number of rotatable bonds is 7. The average Bonchev–Trinajstić information content (AvgIpc) is 2.47. The molecule has 1 aromatic heterocycles. The molecule has 2 rings (SSSR count). The molecular formula is C16H26N2O2. The third-order valence-corrected chi connectivity index (χ3v) is 3.55. The van der Waals surface area contributed by atoms with Crippen molar-refractivity contribution in [3.63, 3.8) is 0 Å². The molecular weight excluding hydrogens is 252 g/mol. The number of ether oxygens (including phenoxy) is 2. The van der Waals surface area contributed by atoms with Crippen molar-refractivity contribution in [1.82, 2.24) is 10.3 Å². The summed E-state index contributed by atoms with van der Waals surface area (Å²) in [5.74, 6) is 2.18. The van der Waals surface area contributed by atoms with E-state index in [4.69, 9.17) is 9.47 Å². The van der Waals surface area contributed by atoms with Gasteiger partial charge >= 0.3 is 0 Å². The van der Waals surface area contributed by atoms with Crippen molar-refractivity contribution in [3.05, 3.63) is 24.0 Å². The Kier molecular flexibility index (Phi) is 6.27. The van der Waals surface area contributed by atoms with E-state index in [9.17, 15) is 0 Å². The minimum atomic E-state index is 0.612. The van der Waals surface area contributed by atoms with E-state index >= 15 is 0 Å². The van der Waals surface area contributed by atoms with Crippen LogP contribution in [0.3, 0.4) is 0 Å². The summed E-state index contributed by atoms with van der Waals surface area (Å²) in [6.07, 6.45) is 5.85. The Balaban J connectivity index is 1.83. The molecule has 4 nitrogen and oxygen atoms in total. The molecule has 112 valence electrons. The second-order valence-electron chi connectivity index (χ2n) is 5.87. The van der Waals surface area contributed by atoms with Gasteiger partial charge in [0.15, 0.2) is 0 Å². The lowest BCUT2D eigenvalue weighted by molar-refractivity contribution is 0.0495. The van der Waals surface area contributed by atoms with E-state index in [2.05, 4.69) is 24.1 Å². The third-order valence-electron chi connectivity index (χ3n) is 3.55. The Bertz CT molecular complexity index is 390. The minimum absolute atomic E-state index is 0.612. The highest BCUT2D eigenvalue weighted by molar-refractivity contribution is 5.29. The number of nitrogens with zero attached hydrogens (tertiary/aromatic N) is 1. The molecule has 0 aromatic carbocycles. The largest absolute Gasteiger partial charge is 0.491 e. The highest BCUT2D eigenvalue weighted by Gasteiger charge is 2.15. The van der Waals surface area contributed by atoms with E-state index in [0.29, 0.717) is 11.8 Å². The summed E-state index contributed by atoms with van der Waals surface area (Å²) >= 11 is 0. The van der Waals surface area contributed by atoms with Gasteiger partial charge in [-0.3, -0.25) is 4.98 Å². The molecule has 1 fully saturated rings. The van der Waals surface area contributed by atoms with Gasteiger partial charge in [-0.1, -0.05) is 13.8 Å². The molecule has 0 unspecified atom stereocenters. The average molecular weight is 278 g/mol. The minimum Gasteiger partial charge on any atom is -0.491 e. The molecule has 20 heavy (non-hydrogen) atoms. The Morgan fingerprint density at radius 1 is 1.40 bits per heavy atom. The maximum absolute atomic E-state index is 5.98. The fourth-order valence-electron chi connectivity index (χ4n) is 2.30. The van der Waals surface area contributed by atoms with Gasteiger partial charge in [-0.25, -0.2) is 0 Å². The van der Waals surface area contributed by atoms with Crippen LogP contribution in [0, 0.1) is 11.8 Å². The highest BCUT2D eigenvalue weighted by Crippen LogP contribution is 2.20. The summed E-state index contributed by atoms with van der Waals surface area (Å²) in [4.78, 5) is 4.17. The van der Waals surface area contributed by atoms with Crippen LogP contribution in [0.5, 0.6) is 5.75 Å². The summed E-state index contributed by atoms with van der Waals surface area (Å²) in [5, 5.41) is 3.45. The Hall–Kier alpha value is -1.13. The van der Waals surface area contributed by atoms with Gasteiger partial charge in [0.1, 0.15) is 5.75 Å². The standard InChI is InChI=1S/C16H26N2O2/c1-13(2)9-18-10-15-3-6-17-11-16(15)20-12-14-4-7-19-8-5-14/h3,6,11,13-14,18H,4-5,7-10,12H2,1-2H3. The molecule has 0 aliphatic carbocycles. The van der Waals surface area contributed by atoms with Gasteiger partial charge in [0.25, 0.3) is 0 Å². The van der Waals surface area contributed by atoms with E-state index in [0.717, 1.165) is 51.5 Å². The molecule has 1 aromatic rings. The van der Waals surface area contributed by atoms with Crippen LogP contribution < -0.4 is 10.1 Å². The zero-order valence-corrected chi connectivity index (χ0v) is 12.6. The topological polar surface area (TPSA) is 43.4 Å². The SMILES string of the molecule is CC(C)CNCc1ccncc1OCC1CCOCC1. The number of hydrogen-bond acceptors (Lipinski definition) is 4. The van der Waals surface area contributed by atoms with E-state index < -0.39 is 0 Å². The van der Waals surface area contributed by atoms with Crippen molar-refractivity contribution in [3.8, 4) is 5.75 Å². The van der Waals surface area contributed by atoms with Crippen LogP contribution >= 0.6 is 0 Å². The molecule has 1 aliphatic rings. The summed E-state index contributed by atoms with van der Waals surface area (Å²) < 4.78 is 11.3. The predicted molar refractivity (Wildman–Crippen MR) is 79.8 cm³/mol. The van der Waals surface area contributed by atoms with E-state index in [1.165, 1.54) is 5.56 Å². The number of nitrogens with one attached hydrogen (secondary N) is 1. The van der Waals surface area contributed by atoms with Crippen molar-refractivity contribution < 1.29 is 9.47 Å². The van der Waals surface area contributed by atoms with E-state index in [1.807, 2.05) is 18.5 Å². The van der Waals surface area contributed by atoms with Gasteiger partial charge in [-0.2, -0.15) is 0 Å². The molecule has 0 bridgehead atoms. The summed E-state index contributed by atoms with van der Waals surface area (Å²) in [6, 6.07) is 2.03. The molecule has 4 heteroatoms. The lowest BCUT2D eigenvalue weighted by Crippen LogP contribution is -2.22. The fourth-order valence-corrected chi connectivity index (χ4v) is 2.30. The Morgan fingerprint density at radius 3 is 2.95 bits per heavy atom. The second kappa shape index (κ2) is 8.22. The molecule has 0 atom stereocenters. The van der Waals surface area contributed by atoms with Gasteiger partial charge < -0.3 is 14.8 Å². The van der Waals surface area contributed by atoms with Crippen molar-refractivity contribution in [1.29, 1.82) is 0 Å². The monoisotopic (exact) mass is 278 g/mol. The molecule has 0 saturated carbocycles. The quantitative estimate of drug-likeness (QED) is 0.832. The summed E-state index contributed by atoms with van der Waals surface area (Å²) in [7, 11) is 0. The second-order valence-corrected chi connectivity index (χ2v) is 5.87. The summed E-state index contributed by atoms with van der Waals surface area (Å²) in [5.41, 5.74) is 1.19. The first-order chi connectivity index (χ1) is 9.75. The zero-order valence-electron chi connectivity index (χ0n) is 12.6. The van der Waals surface area contributed by atoms with Crippen LogP contribution in [-0.4, -0.2) is 31.3 Å². The maximum atomic E-state index is 5.98. The van der Waals surface area contributed by atoms with Gasteiger partial charge in [0.05, 0.1) is 12.8 Å². The lowest BCUT2D eigenvalue weighted by atomic mass is 10.0. The fraction of sp³-hybridized carbons (Fsp3) is 0.688. The highest BCUT2D eigenvalue weighted by atomic mass is 16.5. The van der Waals surface area contributed by atoms with Crippen molar-refractivity contribution in [2.45, 2.75) is 33.2 Å². The third kappa shape index (κ3) is 5.10. The molecule has 1 N–H and O–H groups in total. The molecule has 1 saturated heterocycles. The van der Waals surface area contributed by atoms with E-state index in [1.54, 1.807) is 0 Å². The van der Waals surface area contributed by atoms with Crippen molar-refractivity contribution in [2.75, 3.05) is 26.4 Å². The van der Waals surface area contributed by atoms with Crippen LogP contribution in [0.1, 0.15) is 32.3 Å². The maximum Gasteiger partial charge on any atom is 0.142 e. The Labute approximate surface area is 121 Å². The number of aromatic nitrogens is 1. The summed E-state index contributed by atoms with van der Waals surface area (Å²) in [6.45, 7) is 8.77. The van der Waals surface area contributed by atoms with Gasteiger partial charge in [0.2, 0.25) is 0 Å². The molecule has 2 heterocycles. The van der Waals surface area contributed by atoms with Crippen LogP contribution in [0.4, 0.5) is 0 Å². The van der Waals surface area contributed by atoms with Crippen LogP contribution in [0.25, 0.3) is 0 Å². The van der Waals surface area contributed by atoms with Gasteiger partial charge in [0, 0.05) is 31.5 Å². The first-order valence-electron chi connectivity index (χ1n) is 7.60.